The van der Waals surface area contributed by atoms with Gasteiger partial charge in [0.2, 0.25) is 0 Å². The third-order valence-corrected chi connectivity index (χ3v) is 3.77. The van der Waals surface area contributed by atoms with Crippen molar-refractivity contribution in [2.24, 2.45) is 17.8 Å². The lowest BCUT2D eigenvalue weighted by Crippen LogP contribution is -2.21. The zero-order valence-corrected chi connectivity index (χ0v) is 11.9. The first-order valence-corrected chi connectivity index (χ1v) is 6.78. The van der Waals surface area contributed by atoms with E-state index in [1.807, 2.05) is 0 Å². The number of terminal acetylenes is 1. The number of carbonyl (C=O) groups excluding carboxylic acids is 1. The Morgan fingerprint density at radius 1 is 1.56 bits per heavy atom. The average Bonchev–Trinajstić information content (AvgIpc) is 2.29. The van der Waals surface area contributed by atoms with Crippen molar-refractivity contribution < 1.29 is 9.53 Å². The van der Waals surface area contributed by atoms with Crippen LogP contribution in [0.15, 0.2) is 11.6 Å². The summed E-state index contributed by atoms with van der Waals surface area (Å²) < 4.78 is 5.13. The van der Waals surface area contributed by atoms with Gasteiger partial charge in [-0.1, -0.05) is 38.3 Å². The average molecular weight is 248 g/mol. The van der Waals surface area contributed by atoms with Gasteiger partial charge < -0.3 is 4.74 Å². The molecule has 1 aliphatic carbocycles. The third-order valence-electron chi connectivity index (χ3n) is 3.77. The van der Waals surface area contributed by atoms with Crippen LogP contribution in [0.4, 0.5) is 0 Å². The molecule has 0 aromatic heterocycles. The zero-order valence-electron chi connectivity index (χ0n) is 11.9. The highest BCUT2D eigenvalue weighted by atomic mass is 16.5. The van der Waals surface area contributed by atoms with Crippen LogP contribution in [-0.2, 0) is 9.53 Å². The van der Waals surface area contributed by atoms with Crippen molar-refractivity contribution in [2.45, 2.75) is 53.1 Å². The first-order valence-electron chi connectivity index (χ1n) is 6.78. The number of ether oxygens (including phenoxy) is 1. The van der Waals surface area contributed by atoms with Crippen LogP contribution in [0.25, 0.3) is 0 Å². The van der Waals surface area contributed by atoms with Crippen molar-refractivity contribution in [1.29, 1.82) is 0 Å². The molecule has 0 aromatic rings. The number of hydrogen-bond acceptors (Lipinski definition) is 2. The van der Waals surface area contributed by atoms with Gasteiger partial charge in [-0.3, -0.25) is 4.79 Å². The van der Waals surface area contributed by atoms with Crippen LogP contribution in [0, 0.1) is 30.1 Å². The van der Waals surface area contributed by atoms with E-state index in [4.69, 9.17) is 11.2 Å². The standard InChI is InChI=1S/C16H24O2/c1-6-16(18-13(5)17)10-15-9-14(11(2)3)8-7-12(15)4/h1,9,11-12,14,16H,7-8,10H2,2-5H3/t12-,14-,16-/m1/s1. The van der Waals surface area contributed by atoms with E-state index in [1.54, 1.807) is 0 Å². The molecule has 0 aliphatic heterocycles. The molecule has 0 saturated carbocycles. The summed E-state index contributed by atoms with van der Waals surface area (Å²) >= 11 is 0. The predicted octanol–water partition coefficient (Wildman–Crippen LogP) is 3.57. The first-order chi connectivity index (χ1) is 8.43. The Bertz CT molecular complexity index is 360. The Balaban J connectivity index is 2.73. The van der Waals surface area contributed by atoms with Crippen molar-refractivity contribution >= 4 is 5.97 Å². The Hall–Kier alpha value is -1.23. The summed E-state index contributed by atoms with van der Waals surface area (Å²) in [7, 11) is 0. The molecule has 1 rings (SSSR count). The van der Waals surface area contributed by atoms with E-state index in [0.29, 0.717) is 24.2 Å². The minimum Gasteiger partial charge on any atom is -0.449 e. The molecule has 3 atom stereocenters. The summed E-state index contributed by atoms with van der Waals surface area (Å²) in [4.78, 5) is 11.0. The molecule has 0 unspecified atom stereocenters. The van der Waals surface area contributed by atoms with Gasteiger partial charge >= 0.3 is 5.97 Å². The lowest BCUT2D eigenvalue weighted by molar-refractivity contribution is -0.143. The molecule has 0 aromatic carbocycles. The van der Waals surface area contributed by atoms with Gasteiger partial charge in [0.15, 0.2) is 6.10 Å². The highest BCUT2D eigenvalue weighted by Crippen LogP contribution is 2.34. The lowest BCUT2D eigenvalue weighted by atomic mass is 9.77. The van der Waals surface area contributed by atoms with Crippen LogP contribution in [0.1, 0.15) is 47.0 Å². The summed E-state index contributed by atoms with van der Waals surface area (Å²) in [6.45, 7) is 8.13. The maximum atomic E-state index is 11.0. The predicted molar refractivity (Wildman–Crippen MR) is 73.8 cm³/mol. The molecule has 0 amide bonds. The molecule has 0 radical (unpaired) electrons. The minimum absolute atomic E-state index is 0.303. The van der Waals surface area contributed by atoms with Gasteiger partial charge in [0.05, 0.1) is 0 Å². The molecule has 2 heteroatoms. The van der Waals surface area contributed by atoms with Crippen LogP contribution in [0.2, 0.25) is 0 Å². The van der Waals surface area contributed by atoms with Crippen molar-refractivity contribution in [2.75, 3.05) is 0 Å². The van der Waals surface area contributed by atoms with Gasteiger partial charge in [-0.25, -0.2) is 0 Å². The van der Waals surface area contributed by atoms with Crippen molar-refractivity contribution in [1.82, 2.24) is 0 Å². The molecule has 18 heavy (non-hydrogen) atoms. The van der Waals surface area contributed by atoms with Crippen molar-refractivity contribution in [3.63, 3.8) is 0 Å². The highest BCUT2D eigenvalue weighted by molar-refractivity contribution is 5.66. The number of carbonyl (C=O) groups is 1. The number of rotatable bonds is 4. The van der Waals surface area contributed by atoms with Crippen molar-refractivity contribution in [3.05, 3.63) is 11.6 Å². The minimum atomic E-state index is -0.415. The van der Waals surface area contributed by atoms with Gasteiger partial charge in [0.25, 0.3) is 0 Å². The molecule has 1 aliphatic rings. The van der Waals surface area contributed by atoms with Gasteiger partial charge in [-0.2, -0.15) is 0 Å². The maximum Gasteiger partial charge on any atom is 0.303 e. The largest absolute Gasteiger partial charge is 0.449 e. The van der Waals surface area contributed by atoms with Crippen LogP contribution in [0.5, 0.6) is 0 Å². The van der Waals surface area contributed by atoms with E-state index in [-0.39, 0.29) is 5.97 Å². The Kier molecular flexibility index (Phi) is 5.47. The second-order valence-electron chi connectivity index (χ2n) is 5.60. The molecular formula is C16H24O2. The van der Waals surface area contributed by atoms with Crippen molar-refractivity contribution in [3.8, 4) is 12.3 Å². The number of esters is 1. The molecule has 0 spiro atoms. The van der Waals surface area contributed by atoms with Gasteiger partial charge in [0.1, 0.15) is 0 Å². The summed E-state index contributed by atoms with van der Waals surface area (Å²) in [5.41, 5.74) is 1.35. The molecule has 2 nitrogen and oxygen atoms in total. The normalized spacial score (nSPS) is 25.2. The first kappa shape index (κ1) is 14.8. The van der Waals surface area contributed by atoms with E-state index in [0.717, 1.165) is 0 Å². The smallest absolute Gasteiger partial charge is 0.303 e. The third kappa shape index (κ3) is 4.22. The fourth-order valence-electron chi connectivity index (χ4n) is 2.49. The summed E-state index contributed by atoms with van der Waals surface area (Å²) in [6.07, 6.45) is 10.5. The van der Waals surface area contributed by atoms with Crippen LogP contribution < -0.4 is 0 Å². The second kappa shape index (κ2) is 6.64. The Morgan fingerprint density at radius 3 is 2.72 bits per heavy atom. The van der Waals surface area contributed by atoms with Gasteiger partial charge in [-0.15, -0.1) is 6.42 Å². The topological polar surface area (TPSA) is 26.3 Å². The second-order valence-corrected chi connectivity index (χ2v) is 5.60. The van der Waals surface area contributed by atoms with E-state index >= 15 is 0 Å². The monoisotopic (exact) mass is 248 g/mol. The SMILES string of the molecule is C#C[C@H](CC1=C[C@H](C(C)C)CC[C@H]1C)OC(C)=O. The van der Waals surface area contributed by atoms with Gasteiger partial charge in [-0.05, 0) is 30.6 Å². The number of allylic oxidation sites excluding steroid dienone is 1. The number of hydrogen-bond donors (Lipinski definition) is 0. The summed E-state index contributed by atoms with van der Waals surface area (Å²) in [5.74, 6) is 4.10. The molecule has 0 bridgehead atoms. The molecule has 0 heterocycles. The van der Waals surface area contributed by atoms with Crippen LogP contribution >= 0.6 is 0 Å². The van der Waals surface area contributed by atoms with E-state index in [9.17, 15) is 4.79 Å². The van der Waals surface area contributed by atoms with Crippen LogP contribution in [0.3, 0.4) is 0 Å². The quantitative estimate of drug-likeness (QED) is 0.432. The summed E-state index contributed by atoms with van der Waals surface area (Å²) in [6, 6.07) is 0. The van der Waals surface area contributed by atoms with E-state index < -0.39 is 6.10 Å². The fraction of sp³-hybridized carbons (Fsp3) is 0.688. The maximum absolute atomic E-state index is 11.0. The Morgan fingerprint density at radius 2 is 2.22 bits per heavy atom. The van der Waals surface area contributed by atoms with E-state index in [1.165, 1.54) is 25.3 Å². The van der Waals surface area contributed by atoms with Gasteiger partial charge in [0, 0.05) is 13.3 Å². The molecule has 100 valence electrons. The van der Waals surface area contributed by atoms with Crippen LogP contribution in [-0.4, -0.2) is 12.1 Å². The Labute approximate surface area is 111 Å². The van der Waals surface area contributed by atoms with E-state index in [2.05, 4.69) is 32.8 Å². The molecule has 0 N–H and O–H groups in total. The molecule has 0 fully saturated rings. The zero-order chi connectivity index (χ0) is 13.7. The molecule has 0 saturated heterocycles. The lowest BCUT2D eigenvalue weighted by Gasteiger charge is -2.29. The summed E-state index contributed by atoms with van der Waals surface area (Å²) in [5, 5.41) is 0. The fourth-order valence-corrected chi connectivity index (χ4v) is 2.49. The highest BCUT2D eigenvalue weighted by Gasteiger charge is 2.24. The molecular weight excluding hydrogens is 224 g/mol.